The summed E-state index contributed by atoms with van der Waals surface area (Å²) in [5.74, 6) is 0.688. The van der Waals surface area contributed by atoms with Gasteiger partial charge < -0.3 is 24.8 Å². The molecule has 3 rings (SSSR count). The van der Waals surface area contributed by atoms with Crippen LogP contribution in [0, 0.1) is 0 Å². The van der Waals surface area contributed by atoms with Crippen molar-refractivity contribution in [3.63, 3.8) is 0 Å². The van der Waals surface area contributed by atoms with Crippen LogP contribution < -0.4 is 4.90 Å². The third-order valence-electron chi connectivity index (χ3n) is 4.22. The summed E-state index contributed by atoms with van der Waals surface area (Å²) in [6.45, 7) is 0. The average molecular weight is 307 g/mol. The zero-order chi connectivity index (χ0) is 15.9. The van der Waals surface area contributed by atoms with Gasteiger partial charge in [0, 0.05) is 14.1 Å². The highest BCUT2D eigenvalue weighted by Gasteiger charge is 2.34. The molecule has 8 nitrogen and oxygen atoms in total. The number of aromatic nitrogens is 4. The molecular weight excluding hydrogens is 286 g/mol. The molecule has 0 aromatic carbocycles. The fraction of sp³-hybridized carbons (Fsp3) is 0.643. The number of fused-ring (bicyclic) bond motifs is 1. The normalized spacial score (nSPS) is 29.5. The van der Waals surface area contributed by atoms with Gasteiger partial charge in [0.05, 0.1) is 24.6 Å². The van der Waals surface area contributed by atoms with E-state index in [0.29, 0.717) is 36.2 Å². The molecule has 1 saturated carbocycles. The van der Waals surface area contributed by atoms with E-state index in [4.69, 9.17) is 0 Å². The molecule has 22 heavy (non-hydrogen) atoms. The van der Waals surface area contributed by atoms with Gasteiger partial charge in [-0.05, 0) is 19.3 Å². The van der Waals surface area contributed by atoms with Crippen LogP contribution in [0.2, 0.25) is 0 Å². The molecule has 8 heteroatoms. The molecule has 0 radical (unpaired) electrons. The maximum atomic E-state index is 10.4. The standard InChI is InChI=1S/C14H21N5O3/c1-18(2)13-11-14(16-6-15-13)19(7-17-11)9-5-8(20)3-4-10(21)12(9)22/h6-10,12,20-22H,3-5H2,1-2H3/t8-,9-,10-,12-/m1/s1. The summed E-state index contributed by atoms with van der Waals surface area (Å²) in [6, 6.07) is -0.470. The lowest BCUT2D eigenvalue weighted by atomic mass is 10.0. The highest BCUT2D eigenvalue weighted by molar-refractivity contribution is 5.83. The second kappa shape index (κ2) is 5.79. The van der Waals surface area contributed by atoms with E-state index in [-0.39, 0.29) is 0 Å². The number of aliphatic hydroxyl groups excluding tert-OH is 3. The third kappa shape index (κ3) is 2.53. The van der Waals surface area contributed by atoms with Crippen LogP contribution in [0.25, 0.3) is 11.2 Å². The number of aliphatic hydroxyl groups is 3. The SMILES string of the molecule is CN(C)c1ncnc2c1ncn2[C@@H]1C[C@H](O)CC[C@@H](O)[C@@H]1O. The van der Waals surface area contributed by atoms with Crippen molar-refractivity contribution in [2.45, 2.75) is 43.6 Å². The summed E-state index contributed by atoms with van der Waals surface area (Å²) >= 11 is 0. The molecule has 1 aliphatic rings. The molecule has 0 amide bonds. The van der Waals surface area contributed by atoms with Gasteiger partial charge in [-0.2, -0.15) is 0 Å². The first kappa shape index (κ1) is 15.1. The quantitative estimate of drug-likeness (QED) is 0.654. The van der Waals surface area contributed by atoms with Gasteiger partial charge in [-0.15, -0.1) is 0 Å². The molecule has 1 fully saturated rings. The lowest BCUT2D eigenvalue weighted by molar-refractivity contribution is -0.0110. The number of imidazole rings is 1. The van der Waals surface area contributed by atoms with Crippen molar-refractivity contribution in [3.05, 3.63) is 12.7 Å². The molecule has 0 saturated heterocycles. The minimum absolute atomic E-state index is 0.352. The molecule has 2 aromatic rings. The molecule has 4 atom stereocenters. The summed E-state index contributed by atoms with van der Waals surface area (Å²) in [4.78, 5) is 14.7. The van der Waals surface area contributed by atoms with Gasteiger partial charge in [-0.25, -0.2) is 15.0 Å². The number of nitrogens with zero attached hydrogens (tertiary/aromatic N) is 5. The van der Waals surface area contributed by atoms with Gasteiger partial charge >= 0.3 is 0 Å². The number of anilines is 1. The molecule has 3 N–H and O–H groups in total. The van der Waals surface area contributed by atoms with Crippen LogP contribution in [-0.4, -0.2) is 67.2 Å². The zero-order valence-electron chi connectivity index (χ0n) is 12.7. The predicted octanol–water partition coefficient (Wildman–Crippen LogP) is -0.300. The van der Waals surface area contributed by atoms with Crippen molar-refractivity contribution in [2.24, 2.45) is 0 Å². The summed E-state index contributed by atoms with van der Waals surface area (Å²) < 4.78 is 1.73. The van der Waals surface area contributed by atoms with Crippen molar-refractivity contribution in [1.82, 2.24) is 19.5 Å². The number of hydrogen-bond donors (Lipinski definition) is 3. The molecular formula is C14H21N5O3. The van der Waals surface area contributed by atoms with Crippen molar-refractivity contribution in [2.75, 3.05) is 19.0 Å². The number of hydrogen-bond acceptors (Lipinski definition) is 7. The fourth-order valence-corrected chi connectivity index (χ4v) is 3.01. The van der Waals surface area contributed by atoms with Gasteiger partial charge in [0.15, 0.2) is 17.0 Å². The Morgan fingerprint density at radius 3 is 2.64 bits per heavy atom. The van der Waals surface area contributed by atoms with Crippen LogP contribution in [0.3, 0.4) is 0 Å². The minimum atomic E-state index is -0.965. The fourth-order valence-electron chi connectivity index (χ4n) is 3.01. The van der Waals surface area contributed by atoms with Gasteiger partial charge in [0.2, 0.25) is 0 Å². The lowest BCUT2D eigenvalue weighted by Crippen LogP contribution is -2.34. The Morgan fingerprint density at radius 2 is 1.91 bits per heavy atom. The molecule has 2 heterocycles. The smallest absolute Gasteiger partial charge is 0.165 e. The van der Waals surface area contributed by atoms with Crippen LogP contribution in [0.1, 0.15) is 25.3 Å². The second-order valence-electron chi connectivity index (χ2n) is 6.01. The van der Waals surface area contributed by atoms with Gasteiger partial charge in [-0.1, -0.05) is 0 Å². The zero-order valence-corrected chi connectivity index (χ0v) is 12.7. The Hall–Kier alpha value is -1.77. The van der Waals surface area contributed by atoms with Gasteiger partial charge in [0.1, 0.15) is 12.4 Å². The topological polar surface area (TPSA) is 108 Å². The van der Waals surface area contributed by atoms with E-state index in [1.807, 2.05) is 19.0 Å². The van der Waals surface area contributed by atoms with Crippen molar-refractivity contribution in [1.29, 1.82) is 0 Å². The highest BCUT2D eigenvalue weighted by atomic mass is 16.3. The van der Waals surface area contributed by atoms with E-state index in [1.54, 1.807) is 10.9 Å². The average Bonchev–Trinajstić information content (AvgIpc) is 2.87. The monoisotopic (exact) mass is 307 g/mol. The minimum Gasteiger partial charge on any atom is -0.393 e. The maximum Gasteiger partial charge on any atom is 0.165 e. The van der Waals surface area contributed by atoms with Crippen LogP contribution >= 0.6 is 0 Å². The van der Waals surface area contributed by atoms with Crippen molar-refractivity contribution >= 4 is 17.0 Å². The molecule has 0 spiro atoms. The molecule has 0 unspecified atom stereocenters. The van der Waals surface area contributed by atoms with E-state index in [2.05, 4.69) is 15.0 Å². The largest absolute Gasteiger partial charge is 0.393 e. The Kier molecular flexibility index (Phi) is 3.98. The number of rotatable bonds is 2. The Balaban J connectivity index is 2.07. The van der Waals surface area contributed by atoms with Crippen LogP contribution in [-0.2, 0) is 0 Å². The van der Waals surface area contributed by atoms with E-state index in [1.165, 1.54) is 6.33 Å². The first-order valence-electron chi connectivity index (χ1n) is 7.38. The second-order valence-corrected chi connectivity index (χ2v) is 6.01. The first-order valence-corrected chi connectivity index (χ1v) is 7.38. The Bertz CT molecular complexity index is 659. The Morgan fingerprint density at radius 1 is 1.14 bits per heavy atom. The highest BCUT2D eigenvalue weighted by Crippen LogP contribution is 2.31. The molecule has 120 valence electrons. The third-order valence-corrected chi connectivity index (χ3v) is 4.22. The molecule has 0 bridgehead atoms. The summed E-state index contributed by atoms with van der Waals surface area (Å²) in [5.41, 5.74) is 1.22. The van der Waals surface area contributed by atoms with E-state index >= 15 is 0 Å². The predicted molar refractivity (Wildman–Crippen MR) is 80.6 cm³/mol. The van der Waals surface area contributed by atoms with E-state index in [0.717, 1.165) is 0 Å². The van der Waals surface area contributed by atoms with Crippen molar-refractivity contribution in [3.8, 4) is 0 Å². The summed E-state index contributed by atoms with van der Waals surface area (Å²) in [5, 5.41) is 30.4. The van der Waals surface area contributed by atoms with Crippen molar-refractivity contribution < 1.29 is 15.3 Å². The van der Waals surface area contributed by atoms with E-state index < -0.39 is 24.4 Å². The molecule has 2 aromatic heterocycles. The molecule has 1 aliphatic carbocycles. The van der Waals surface area contributed by atoms with E-state index in [9.17, 15) is 15.3 Å². The summed E-state index contributed by atoms with van der Waals surface area (Å²) in [6.07, 6.45) is 1.84. The molecule has 0 aliphatic heterocycles. The van der Waals surface area contributed by atoms with Gasteiger partial charge in [0.25, 0.3) is 0 Å². The van der Waals surface area contributed by atoms with Crippen LogP contribution in [0.15, 0.2) is 12.7 Å². The maximum absolute atomic E-state index is 10.4. The Labute approximate surface area is 128 Å². The summed E-state index contributed by atoms with van der Waals surface area (Å²) in [7, 11) is 3.74. The van der Waals surface area contributed by atoms with Gasteiger partial charge in [-0.3, -0.25) is 0 Å². The lowest BCUT2D eigenvalue weighted by Gasteiger charge is -2.25. The van der Waals surface area contributed by atoms with Crippen LogP contribution in [0.5, 0.6) is 0 Å². The first-order chi connectivity index (χ1) is 10.5. The van der Waals surface area contributed by atoms with Crippen LogP contribution in [0.4, 0.5) is 5.82 Å².